The van der Waals surface area contributed by atoms with E-state index in [0.29, 0.717) is 13.0 Å². The highest BCUT2D eigenvalue weighted by atomic mass is 35.5. The van der Waals surface area contributed by atoms with Gasteiger partial charge in [-0.1, -0.05) is 11.6 Å². The van der Waals surface area contributed by atoms with Gasteiger partial charge in [0.15, 0.2) is 0 Å². The quantitative estimate of drug-likeness (QED) is 0.666. The van der Waals surface area contributed by atoms with Crippen LogP contribution >= 0.6 is 11.6 Å². The van der Waals surface area contributed by atoms with Crippen molar-refractivity contribution < 1.29 is 18.4 Å². The molecule has 1 aliphatic heterocycles. The highest BCUT2D eigenvalue weighted by Crippen LogP contribution is 2.30. The van der Waals surface area contributed by atoms with Crippen molar-refractivity contribution in [2.75, 3.05) is 19.7 Å². The number of sulfonamides is 1. The number of nitro benzene ring substituents is 1. The monoisotopic (exact) mass is 334 g/mol. The Kier molecular flexibility index (Phi) is 4.82. The van der Waals surface area contributed by atoms with Crippen LogP contribution in [0.2, 0.25) is 5.02 Å². The van der Waals surface area contributed by atoms with Crippen LogP contribution in [0.1, 0.15) is 12.8 Å². The second-order valence-electron chi connectivity index (χ2n) is 4.93. The molecule has 1 atom stereocenters. The maximum atomic E-state index is 12.6. The fourth-order valence-electron chi connectivity index (χ4n) is 2.34. The predicted molar refractivity (Wildman–Crippen MR) is 76.7 cm³/mol. The van der Waals surface area contributed by atoms with Gasteiger partial charge in [-0.3, -0.25) is 10.1 Å². The number of piperidine rings is 1. The molecule has 9 heteroatoms. The van der Waals surface area contributed by atoms with Crippen LogP contribution in [-0.4, -0.2) is 42.4 Å². The molecule has 0 aliphatic carbocycles. The van der Waals surface area contributed by atoms with Crippen molar-refractivity contribution in [3.05, 3.63) is 33.3 Å². The average Bonchev–Trinajstić information content (AvgIpc) is 2.47. The highest BCUT2D eigenvalue weighted by molar-refractivity contribution is 7.89. The average molecular weight is 335 g/mol. The molecule has 0 spiro atoms. The van der Waals surface area contributed by atoms with E-state index in [-0.39, 0.29) is 34.7 Å². The molecule has 1 unspecified atom stereocenters. The second-order valence-corrected chi connectivity index (χ2v) is 7.24. The van der Waals surface area contributed by atoms with E-state index in [4.69, 9.17) is 11.6 Å². The van der Waals surface area contributed by atoms with Crippen molar-refractivity contribution in [2.45, 2.75) is 17.7 Å². The molecule has 21 heavy (non-hydrogen) atoms. The van der Waals surface area contributed by atoms with E-state index in [1.165, 1.54) is 10.4 Å². The van der Waals surface area contributed by atoms with Crippen LogP contribution in [0.25, 0.3) is 0 Å². The summed E-state index contributed by atoms with van der Waals surface area (Å²) in [5, 5.41) is 19.9. The summed E-state index contributed by atoms with van der Waals surface area (Å²) in [7, 11) is -3.91. The number of hydrogen-bond acceptors (Lipinski definition) is 5. The maximum Gasteiger partial charge on any atom is 0.270 e. The van der Waals surface area contributed by atoms with Crippen LogP contribution in [0.5, 0.6) is 0 Å². The van der Waals surface area contributed by atoms with E-state index >= 15 is 0 Å². The molecule has 2 rings (SSSR count). The lowest BCUT2D eigenvalue weighted by atomic mass is 10.0. The van der Waals surface area contributed by atoms with Gasteiger partial charge in [0.2, 0.25) is 10.0 Å². The lowest BCUT2D eigenvalue weighted by molar-refractivity contribution is -0.385. The molecule has 1 aromatic carbocycles. The zero-order valence-electron chi connectivity index (χ0n) is 11.1. The lowest BCUT2D eigenvalue weighted by Gasteiger charge is -2.31. The third-order valence-corrected chi connectivity index (χ3v) is 5.83. The summed E-state index contributed by atoms with van der Waals surface area (Å²) in [5.41, 5.74) is -0.325. The Morgan fingerprint density at radius 2 is 2.19 bits per heavy atom. The Morgan fingerprint density at radius 3 is 2.81 bits per heavy atom. The van der Waals surface area contributed by atoms with Gasteiger partial charge in [0.1, 0.15) is 4.90 Å². The summed E-state index contributed by atoms with van der Waals surface area (Å²) in [6.07, 6.45) is 1.39. The molecule has 1 N–H and O–H groups in total. The summed E-state index contributed by atoms with van der Waals surface area (Å²) in [5.74, 6) is -0.119. The second kappa shape index (κ2) is 6.27. The van der Waals surface area contributed by atoms with Crippen molar-refractivity contribution in [1.82, 2.24) is 4.31 Å². The highest BCUT2D eigenvalue weighted by Gasteiger charge is 2.32. The molecule has 1 saturated heterocycles. The van der Waals surface area contributed by atoms with Crippen LogP contribution < -0.4 is 0 Å². The molecule has 0 bridgehead atoms. The van der Waals surface area contributed by atoms with Gasteiger partial charge in [0.05, 0.1) is 9.95 Å². The van der Waals surface area contributed by atoms with E-state index < -0.39 is 14.9 Å². The fraction of sp³-hybridized carbons (Fsp3) is 0.500. The number of aliphatic hydroxyl groups excluding tert-OH is 1. The number of aliphatic hydroxyl groups is 1. The first-order valence-electron chi connectivity index (χ1n) is 6.41. The van der Waals surface area contributed by atoms with Gasteiger partial charge in [0.25, 0.3) is 5.69 Å². The van der Waals surface area contributed by atoms with Gasteiger partial charge in [0, 0.05) is 31.8 Å². The van der Waals surface area contributed by atoms with Crippen LogP contribution in [0, 0.1) is 16.0 Å². The lowest BCUT2D eigenvalue weighted by Crippen LogP contribution is -2.40. The number of non-ortho nitro benzene ring substituents is 1. The van der Waals surface area contributed by atoms with Gasteiger partial charge in [-0.2, -0.15) is 4.31 Å². The summed E-state index contributed by atoms with van der Waals surface area (Å²) < 4.78 is 26.4. The summed E-state index contributed by atoms with van der Waals surface area (Å²) in [4.78, 5) is 9.86. The van der Waals surface area contributed by atoms with Crippen LogP contribution in [0.4, 0.5) is 5.69 Å². The largest absolute Gasteiger partial charge is 0.396 e. The zero-order valence-corrected chi connectivity index (χ0v) is 12.7. The summed E-state index contributed by atoms with van der Waals surface area (Å²) in [6.45, 7) is 0.421. The van der Waals surface area contributed by atoms with Crippen LogP contribution in [0.15, 0.2) is 23.1 Å². The van der Waals surface area contributed by atoms with E-state index in [0.717, 1.165) is 18.6 Å². The smallest absolute Gasteiger partial charge is 0.270 e. The maximum absolute atomic E-state index is 12.6. The predicted octanol–water partition coefficient (Wildman–Crippen LogP) is 1.64. The van der Waals surface area contributed by atoms with Crippen molar-refractivity contribution >= 4 is 27.3 Å². The van der Waals surface area contributed by atoms with Gasteiger partial charge in [-0.15, -0.1) is 0 Å². The molecule has 1 aromatic rings. The number of hydrogen-bond donors (Lipinski definition) is 1. The minimum atomic E-state index is -3.91. The van der Waals surface area contributed by atoms with Crippen LogP contribution in [-0.2, 0) is 10.0 Å². The van der Waals surface area contributed by atoms with E-state index in [1.807, 2.05) is 0 Å². The topological polar surface area (TPSA) is 101 Å². The Balaban J connectivity index is 2.39. The Bertz CT molecular complexity index is 649. The first-order valence-corrected chi connectivity index (χ1v) is 8.23. The summed E-state index contributed by atoms with van der Waals surface area (Å²) in [6, 6.07) is 3.34. The molecular weight excluding hydrogens is 320 g/mol. The van der Waals surface area contributed by atoms with Crippen molar-refractivity contribution in [1.29, 1.82) is 0 Å². The van der Waals surface area contributed by atoms with Gasteiger partial charge < -0.3 is 5.11 Å². The first kappa shape index (κ1) is 16.2. The molecule has 0 amide bonds. The minimum absolute atomic E-state index is 0.0493. The number of nitro groups is 1. The van der Waals surface area contributed by atoms with E-state index in [1.54, 1.807) is 0 Å². The summed E-state index contributed by atoms with van der Waals surface area (Å²) >= 11 is 5.90. The van der Waals surface area contributed by atoms with Crippen molar-refractivity contribution in [3.8, 4) is 0 Å². The molecule has 116 valence electrons. The molecule has 0 saturated carbocycles. The molecule has 1 aliphatic rings. The van der Waals surface area contributed by atoms with E-state index in [9.17, 15) is 23.6 Å². The molecule has 7 nitrogen and oxygen atoms in total. The van der Waals surface area contributed by atoms with E-state index in [2.05, 4.69) is 0 Å². The SMILES string of the molecule is O=[N+]([O-])c1ccc(Cl)c(S(=O)(=O)N2CCCC(CO)C2)c1. The van der Waals surface area contributed by atoms with Gasteiger partial charge >= 0.3 is 0 Å². The fourth-order valence-corrected chi connectivity index (χ4v) is 4.39. The molecule has 1 heterocycles. The Labute approximate surface area is 127 Å². The first-order chi connectivity index (χ1) is 9.86. The number of rotatable bonds is 4. The number of halogens is 1. The third kappa shape index (κ3) is 3.34. The standard InChI is InChI=1S/C12H15ClN2O5S/c13-11-4-3-10(15(17)18)6-12(11)21(19,20)14-5-1-2-9(7-14)8-16/h3-4,6,9,16H,1-2,5,7-8H2. The molecule has 1 fully saturated rings. The zero-order chi connectivity index (χ0) is 15.6. The van der Waals surface area contributed by atoms with Crippen molar-refractivity contribution in [2.24, 2.45) is 5.92 Å². The van der Waals surface area contributed by atoms with Crippen LogP contribution in [0.3, 0.4) is 0 Å². The van der Waals surface area contributed by atoms with Gasteiger partial charge in [-0.05, 0) is 24.8 Å². The molecule has 0 radical (unpaired) electrons. The normalized spacial score (nSPS) is 20.4. The third-order valence-electron chi connectivity index (χ3n) is 3.48. The Hall–Kier alpha value is -1.22. The van der Waals surface area contributed by atoms with Crippen molar-refractivity contribution in [3.63, 3.8) is 0 Å². The molecule has 0 aromatic heterocycles. The Morgan fingerprint density at radius 1 is 1.48 bits per heavy atom. The molecular formula is C12H15ClN2O5S. The number of nitrogens with zero attached hydrogens (tertiary/aromatic N) is 2. The number of benzene rings is 1. The minimum Gasteiger partial charge on any atom is -0.396 e. The van der Waals surface area contributed by atoms with Gasteiger partial charge in [-0.25, -0.2) is 8.42 Å².